The van der Waals surface area contributed by atoms with Gasteiger partial charge in [0.25, 0.3) is 0 Å². The molecular formula is C48H31NS2. The van der Waals surface area contributed by atoms with E-state index in [4.69, 9.17) is 0 Å². The molecule has 0 radical (unpaired) electrons. The van der Waals surface area contributed by atoms with E-state index in [1.54, 1.807) is 0 Å². The van der Waals surface area contributed by atoms with E-state index in [1.807, 2.05) is 22.7 Å². The topological polar surface area (TPSA) is 3.24 Å². The van der Waals surface area contributed by atoms with Crippen LogP contribution in [0.15, 0.2) is 188 Å². The second kappa shape index (κ2) is 12.4. The molecule has 0 saturated heterocycles. The van der Waals surface area contributed by atoms with Crippen molar-refractivity contribution in [1.82, 2.24) is 0 Å². The van der Waals surface area contributed by atoms with Gasteiger partial charge in [-0.25, -0.2) is 0 Å². The average Bonchev–Trinajstić information content (AvgIpc) is 3.78. The number of rotatable bonds is 6. The van der Waals surface area contributed by atoms with Crippen LogP contribution in [-0.2, 0) is 0 Å². The third kappa shape index (κ3) is 5.13. The minimum Gasteiger partial charge on any atom is -0.310 e. The van der Waals surface area contributed by atoms with Gasteiger partial charge in [-0.15, -0.1) is 22.7 Å². The van der Waals surface area contributed by atoms with Gasteiger partial charge in [-0.05, 0) is 76.3 Å². The van der Waals surface area contributed by atoms with Crippen LogP contribution in [0.25, 0.3) is 73.7 Å². The zero-order valence-electron chi connectivity index (χ0n) is 27.7. The minimum absolute atomic E-state index is 1.11. The predicted octanol–water partition coefficient (Wildman–Crippen LogP) is 14.9. The van der Waals surface area contributed by atoms with Gasteiger partial charge in [-0.3, -0.25) is 0 Å². The predicted molar refractivity (Wildman–Crippen MR) is 223 cm³/mol. The van der Waals surface area contributed by atoms with E-state index in [0.717, 1.165) is 17.1 Å². The third-order valence-corrected chi connectivity index (χ3v) is 12.2. The molecule has 0 atom stereocenters. The van der Waals surface area contributed by atoms with Crippen LogP contribution in [0, 0.1) is 0 Å². The molecule has 0 aliphatic rings. The smallest absolute Gasteiger partial charge is 0.0540 e. The fourth-order valence-corrected chi connectivity index (χ4v) is 9.97. The lowest BCUT2D eigenvalue weighted by molar-refractivity contribution is 1.28. The summed E-state index contributed by atoms with van der Waals surface area (Å²) in [6, 6.07) is 68.3. The third-order valence-electron chi connectivity index (χ3n) is 9.90. The molecule has 10 rings (SSSR count). The van der Waals surface area contributed by atoms with Gasteiger partial charge < -0.3 is 4.90 Å². The molecule has 8 aromatic carbocycles. The lowest BCUT2D eigenvalue weighted by Crippen LogP contribution is -2.11. The monoisotopic (exact) mass is 685 g/mol. The van der Waals surface area contributed by atoms with E-state index in [-0.39, 0.29) is 0 Å². The number of hydrogen-bond donors (Lipinski definition) is 0. The van der Waals surface area contributed by atoms with Gasteiger partial charge in [0.2, 0.25) is 0 Å². The van der Waals surface area contributed by atoms with Crippen molar-refractivity contribution >= 4 is 80.1 Å². The quantitative estimate of drug-likeness (QED) is 0.168. The Labute approximate surface area is 304 Å². The summed E-state index contributed by atoms with van der Waals surface area (Å²) >= 11 is 3.81. The van der Waals surface area contributed by atoms with Crippen LogP contribution in [0.3, 0.4) is 0 Å². The molecule has 0 saturated carbocycles. The van der Waals surface area contributed by atoms with Crippen LogP contribution in [-0.4, -0.2) is 0 Å². The van der Waals surface area contributed by atoms with Crippen molar-refractivity contribution in [1.29, 1.82) is 0 Å². The van der Waals surface area contributed by atoms with E-state index >= 15 is 0 Å². The Bertz CT molecular complexity index is 2830. The van der Waals surface area contributed by atoms with Crippen molar-refractivity contribution in [2.75, 3.05) is 4.90 Å². The summed E-state index contributed by atoms with van der Waals surface area (Å²) in [5.41, 5.74) is 10.7. The first-order chi connectivity index (χ1) is 25.3. The lowest BCUT2D eigenvalue weighted by atomic mass is 9.98. The van der Waals surface area contributed by atoms with E-state index in [9.17, 15) is 0 Å². The largest absolute Gasteiger partial charge is 0.310 e. The molecule has 2 aromatic heterocycles. The van der Waals surface area contributed by atoms with Gasteiger partial charge in [-0.1, -0.05) is 140 Å². The van der Waals surface area contributed by atoms with Crippen molar-refractivity contribution in [2.24, 2.45) is 0 Å². The number of fused-ring (bicyclic) bond motifs is 7. The lowest BCUT2D eigenvalue weighted by Gasteiger charge is -2.28. The second-order valence-corrected chi connectivity index (χ2v) is 15.0. The van der Waals surface area contributed by atoms with Crippen LogP contribution in [0.2, 0.25) is 0 Å². The Morgan fingerprint density at radius 1 is 0.314 bits per heavy atom. The zero-order valence-corrected chi connectivity index (χ0v) is 29.3. The van der Waals surface area contributed by atoms with Crippen molar-refractivity contribution in [3.8, 4) is 33.4 Å². The molecule has 51 heavy (non-hydrogen) atoms. The fraction of sp³-hybridized carbons (Fsp3) is 0. The summed E-state index contributed by atoms with van der Waals surface area (Å²) in [4.78, 5) is 2.39. The van der Waals surface area contributed by atoms with Gasteiger partial charge in [0, 0.05) is 57.3 Å². The summed E-state index contributed by atoms with van der Waals surface area (Å²) in [6.45, 7) is 0. The molecule has 0 bridgehead atoms. The zero-order chi connectivity index (χ0) is 33.7. The highest BCUT2D eigenvalue weighted by Crippen LogP contribution is 2.48. The molecular weight excluding hydrogens is 655 g/mol. The summed E-state index contributed by atoms with van der Waals surface area (Å²) in [6.07, 6.45) is 0. The summed E-state index contributed by atoms with van der Waals surface area (Å²) in [5.74, 6) is 0. The van der Waals surface area contributed by atoms with Crippen LogP contribution in [0.4, 0.5) is 17.1 Å². The Morgan fingerprint density at radius 3 is 1.63 bits per heavy atom. The normalized spacial score (nSPS) is 11.5. The van der Waals surface area contributed by atoms with Crippen LogP contribution < -0.4 is 4.90 Å². The Balaban J connectivity index is 1.13. The van der Waals surface area contributed by atoms with E-state index in [2.05, 4.69) is 193 Å². The van der Waals surface area contributed by atoms with Crippen molar-refractivity contribution in [3.63, 3.8) is 0 Å². The van der Waals surface area contributed by atoms with E-state index in [1.165, 1.54) is 73.7 Å². The number of anilines is 3. The maximum absolute atomic E-state index is 2.39. The highest BCUT2D eigenvalue weighted by atomic mass is 32.1. The number of benzene rings is 8. The molecule has 240 valence electrons. The highest BCUT2D eigenvalue weighted by Gasteiger charge is 2.19. The van der Waals surface area contributed by atoms with Crippen molar-refractivity contribution < 1.29 is 0 Å². The van der Waals surface area contributed by atoms with E-state index in [0.29, 0.717) is 0 Å². The summed E-state index contributed by atoms with van der Waals surface area (Å²) in [7, 11) is 0. The first kappa shape index (κ1) is 29.9. The first-order valence-electron chi connectivity index (χ1n) is 17.3. The van der Waals surface area contributed by atoms with Crippen molar-refractivity contribution in [3.05, 3.63) is 188 Å². The second-order valence-electron chi connectivity index (χ2n) is 12.9. The molecule has 1 nitrogen and oxygen atoms in total. The number of para-hydroxylation sites is 1. The maximum Gasteiger partial charge on any atom is 0.0540 e. The molecule has 2 heterocycles. The number of nitrogens with zero attached hydrogens (tertiary/aromatic N) is 1. The molecule has 0 aliphatic heterocycles. The van der Waals surface area contributed by atoms with Crippen LogP contribution in [0.5, 0.6) is 0 Å². The van der Waals surface area contributed by atoms with E-state index < -0.39 is 0 Å². The van der Waals surface area contributed by atoms with Crippen molar-refractivity contribution in [2.45, 2.75) is 0 Å². The Hall–Kier alpha value is -6.00. The molecule has 0 fully saturated rings. The number of thiophene rings is 2. The fourth-order valence-electron chi connectivity index (χ4n) is 7.51. The van der Waals surface area contributed by atoms with Gasteiger partial charge >= 0.3 is 0 Å². The number of hydrogen-bond acceptors (Lipinski definition) is 3. The Kier molecular flexibility index (Phi) is 7.26. The molecule has 0 aliphatic carbocycles. The first-order valence-corrected chi connectivity index (χ1v) is 18.9. The summed E-state index contributed by atoms with van der Waals surface area (Å²) < 4.78 is 5.39. The maximum atomic E-state index is 2.39. The van der Waals surface area contributed by atoms with Gasteiger partial charge in [-0.2, -0.15) is 0 Å². The molecule has 0 unspecified atom stereocenters. The summed E-state index contributed by atoms with van der Waals surface area (Å²) in [5, 5.41) is 5.42. The SMILES string of the molecule is c1ccc(-c2ccc(N(c3ccc(-c4cccc5sc6ccc7c8ccccc8sc7c6c45)cc3)c3ccccc3-c3ccccc3)cc2)cc1. The molecule has 0 spiro atoms. The molecule has 0 N–H and O–H groups in total. The van der Waals surface area contributed by atoms with Gasteiger partial charge in [0.05, 0.1) is 5.69 Å². The van der Waals surface area contributed by atoms with Crippen LogP contribution in [0.1, 0.15) is 0 Å². The highest BCUT2D eigenvalue weighted by molar-refractivity contribution is 7.29. The van der Waals surface area contributed by atoms with Gasteiger partial charge in [0.1, 0.15) is 0 Å². The molecule has 10 aromatic rings. The Morgan fingerprint density at radius 2 is 0.863 bits per heavy atom. The minimum atomic E-state index is 1.11. The van der Waals surface area contributed by atoms with Crippen LogP contribution >= 0.6 is 22.7 Å². The standard InChI is InChI=1S/C48H31NS2/c1-3-12-32(13-4-1)33-22-26-36(27-23-33)49(42-19-9-7-16-38(42)34-14-5-2-6-15-34)37-28-24-35(25-29-37)39-18-11-21-44-46(39)47-45(50-44)31-30-41-40-17-8-10-20-43(40)51-48(41)47/h1-31H. The van der Waals surface area contributed by atoms with Gasteiger partial charge in [0.15, 0.2) is 0 Å². The molecule has 3 heteroatoms. The average molecular weight is 686 g/mol. The molecule has 0 amide bonds.